The molecule has 0 aliphatic heterocycles. The van der Waals surface area contributed by atoms with E-state index < -0.39 is 5.63 Å². The second kappa shape index (κ2) is 8.12. The van der Waals surface area contributed by atoms with Gasteiger partial charge >= 0.3 is 11.6 Å². The van der Waals surface area contributed by atoms with E-state index in [1.807, 2.05) is 18.4 Å². The molecule has 0 aliphatic carbocycles. The standard InChI is InChI=1S/C21H21NO6/c1-13-10-17(14(2)22(13)9-8-20(24)26-3)18(23)12-27-16-6-4-15-5-7-21(25)28-19(15)11-16/h4-7,10-11H,8-9,12H2,1-3H3. The molecule has 0 N–H and O–H groups in total. The first-order valence-corrected chi connectivity index (χ1v) is 8.82. The fourth-order valence-electron chi connectivity index (χ4n) is 3.09. The van der Waals surface area contributed by atoms with Crippen molar-refractivity contribution in [2.75, 3.05) is 13.7 Å². The van der Waals surface area contributed by atoms with Crippen molar-refractivity contribution < 1.29 is 23.5 Å². The van der Waals surface area contributed by atoms with E-state index in [1.54, 1.807) is 30.3 Å². The predicted octanol–water partition coefficient (Wildman–Crippen LogP) is 3.04. The maximum Gasteiger partial charge on any atom is 0.336 e. The van der Waals surface area contributed by atoms with Crippen LogP contribution in [0.4, 0.5) is 0 Å². The van der Waals surface area contributed by atoms with Crippen LogP contribution in [0.15, 0.2) is 45.6 Å². The molecule has 3 aromatic rings. The van der Waals surface area contributed by atoms with Gasteiger partial charge in [-0.25, -0.2) is 4.79 Å². The third kappa shape index (κ3) is 4.14. The second-order valence-electron chi connectivity index (χ2n) is 6.43. The van der Waals surface area contributed by atoms with Crippen molar-refractivity contribution in [3.05, 3.63) is 63.8 Å². The van der Waals surface area contributed by atoms with Crippen LogP contribution in [0.25, 0.3) is 11.0 Å². The summed E-state index contributed by atoms with van der Waals surface area (Å²) in [7, 11) is 1.35. The molecular weight excluding hydrogens is 362 g/mol. The Kier molecular flexibility index (Phi) is 5.63. The van der Waals surface area contributed by atoms with Crippen LogP contribution < -0.4 is 10.4 Å². The average Bonchev–Trinajstić information content (AvgIpc) is 2.97. The molecule has 7 nitrogen and oxygen atoms in total. The zero-order valence-corrected chi connectivity index (χ0v) is 16.0. The first-order chi connectivity index (χ1) is 13.4. The number of carbonyl (C=O) groups excluding carboxylic acids is 2. The van der Waals surface area contributed by atoms with E-state index in [9.17, 15) is 14.4 Å². The van der Waals surface area contributed by atoms with Gasteiger partial charge < -0.3 is 18.5 Å². The molecule has 0 radical (unpaired) electrons. The summed E-state index contributed by atoms with van der Waals surface area (Å²) in [5.41, 5.74) is 2.17. The molecule has 2 aromatic heterocycles. The lowest BCUT2D eigenvalue weighted by molar-refractivity contribution is -0.140. The van der Waals surface area contributed by atoms with E-state index in [-0.39, 0.29) is 24.8 Å². The Morgan fingerprint density at radius 2 is 1.86 bits per heavy atom. The van der Waals surface area contributed by atoms with Crippen molar-refractivity contribution >= 4 is 22.7 Å². The van der Waals surface area contributed by atoms with Crippen LogP contribution in [0.1, 0.15) is 28.2 Å². The van der Waals surface area contributed by atoms with Crippen LogP contribution >= 0.6 is 0 Å². The molecule has 28 heavy (non-hydrogen) atoms. The lowest BCUT2D eigenvalue weighted by Gasteiger charge is -2.09. The largest absolute Gasteiger partial charge is 0.485 e. The molecular formula is C21H21NO6. The quantitative estimate of drug-likeness (QED) is 0.354. The van der Waals surface area contributed by atoms with Crippen molar-refractivity contribution in [2.45, 2.75) is 26.8 Å². The fraction of sp³-hybridized carbons (Fsp3) is 0.286. The summed E-state index contributed by atoms with van der Waals surface area (Å²) in [4.78, 5) is 35.3. The number of methoxy groups -OCH3 is 1. The highest BCUT2D eigenvalue weighted by atomic mass is 16.5. The Balaban J connectivity index is 1.71. The van der Waals surface area contributed by atoms with E-state index in [0.717, 1.165) is 16.8 Å². The molecule has 0 aliphatic rings. The Morgan fingerprint density at radius 1 is 1.11 bits per heavy atom. The summed E-state index contributed by atoms with van der Waals surface area (Å²) in [5.74, 6) is -0.0339. The van der Waals surface area contributed by atoms with Gasteiger partial charge in [0.05, 0.1) is 13.5 Å². The highest BCUT2D eigenvalue weighted by Crippen LogP contribution is 2.21. The van der Waals surface area contributed by atoms with Crippen LogP contribution in [0.2, 0.25) is 0 Å². The second-order valence-corrected chi connectivity index (χ2v) is 6.43. The number of benzene rings is 1. The Bertz CT molecular complexity index is 1090. The number of aryl methyl sites for hydroxylation is 1. The third-order valence-electron chi connectivity index (χ3n) is 4.61. The lowest BCUT2D eigenvalue weighted by atomic mass is 10.1. The number of Topliss-reactive ketones (excluding diaryl/α,β-unsaturated/α-hetero) is 1. The molecule has 0 amide bonds. The molecule has 1 aromatic carbocycles. The summed E-state index contributed by atoms with van der Waals surface area (Å²) in [6, 6.07) is 9.87. The number of nitrogens with zero attached hydrogens (tertiary/aromatic N) is 1. The monoisotopic (exact) mass is 383 g/mol. The maximum atomic E-state index is 12.6. The normalized spacial score (nSPS) is 10.8. The first kappa shape index (κ1) is 19.4. The number of ketones is 1. The SMILES string of the molecule is COC(=O)CCn1c(C)cc(C(=O)COc2ccc3ccc(=O)oc3c2)c1C. The van der Waals surface area contributed by atoms with E-state index in [0.29, 0.717) is 23.4 Å². The summed E-state index contributed by atoms with van der Waals surface area (Å²) in [6.07, 6.45) is 0.235. The van der Waals surface area contributed by atoms with Crippen molar-refractivity contribution in [1.82, 2.24) is 4.57 Å². The van der Waals surface area contributed by atoms with Crippen LogP contribution in [0.3, 0.4) is 0 Å². The van der Waals surface area contributed by atoms with Gasteiger partial charge in [-0.15, -0.1) is 0 Å². The summed E-state index contributed by atoms with van der Waals surface area (Å²) < 4.78 is 17.3. The van der Waals surface area contributed by atoms with Crippen LogP contribution in [0.5, 0.6) is 5.75 Å². The molecule has 0 saturated heterocycles. The van der Waals surface area contributed by atoms with Gasteiger partial charge in [0, 0.05) is 41.0 Å². The maximum absolute atomic E-state index is 12.6. The zero-order valence-electron chi connectivity index (χ0n) is 16.0. The van der Waals surface area contributed by atoms with Gasteiger partial charge in [0.1, 0.15) is 11.3 Å². The number of esters is 1. The number of carbonyl (C=O) groups is 2. The van der Waals surface area contributed by atoms with E-state index in [2.05, 4.69) is 4.74 Å². The summed E-state index contributed by atoms with van der Waals surface area (Å²) in [5, 5.41) is 0.771. The predicted molar refractivity (Wildman–Crippen MR) is 103 cm³/mol. The summed E-state index contributed by atoms with van der Waals surface area (Å²) in [6.45, 7) is 4.02. The minimum atomic E-state index is -0.444. The van der Waals surface area contributed by atoms with Gasteiger partial charge in [-0.05, 0) is 38.1 Å². The molecule has 0 fully saturated rings. The molecule has 0 atom stereocenters. The minimum absolute atomic E-state index is 0.149. The Hall–Kier alpha value is -3.35. The first-order valence-electron chi connectivity index (χ1n) is 8.82. The van der Waals surface area contributed by atoms with E-state index >= 15 is 0 Å². The number of rotatable bonds is 7. The van der Waals surface area contributed by atoms with Crippen molar-refractivity contribution in [3.63, 3.8) is 0 Å². The average molecular weight is 383 g/mol. The van der Waals surface area contributed by atoms with Crippen LogP contribution in [-0.2, 0) is 16.1 Å². The molecule has 0 spiro atoms. The lowest BCUT2D eigenvalue weighted by Crippen LogP contribution is -2.14. The zero-order chi connectivity index (χ0) is 20.3. The van der Waals surface area contributed by atoms with Gasteiger partial charge in [0.25, 0.3) is 0 Å². The molecule has 7 heteroatoms. The molecule has 3 rings (SSSR count). The molecule has 0 bridgehead atoms. The van der Waals surface area contributed by atoms with Gasteiger partial charge in [-0.3, -0.25) is 9.59 Å². The third-order valence-corrected chi connectivity index (χ3v) is 4.61. The van der Waals surface area contributed by atoms with Crippen molar-refractivity contribution in [1.29, 1.82) is 0 Å². The fourth-order valence-corrected chi connectivity index (χ4v) is 3.09. The Labute approximate surface area is 161 Å². The van der Waals surface area contributed by atoms with E-state index in [1.165, 1.54) is 13.2 Å². The number of hydrogen-bond donors (Lipinski definition) is 0. The smallest absolute Gasteiger partial charge is 0.336 e. The van der Waals surface area contributed by atoms with Gasteiger partial charge in [-0.1, -0.05) is 0 Å². The van der Waals surface area contributed by atoms with Crippen LogP contribution in [0, 0.1) is 13.8 Å². The van der Waals surface area contributed by atoms with Gasteiger partial charge in [0.15, 0.2) is 6.61 Å². The molecule has 0 saturated carbocycles. The summed E-state index contributed by atoms with van der Waals surface area (Å²) >= 11 is 0. The minimum Gasteiger partial charge on any atom is -0.485 e. The number of fused-ring (bicyclic) bond motifs is 1. The number of hydrogen-bond acceptors (Lipinski definition) is 6. The number of aromatic nitrogens is 1. The van der Waals surface area contributed by atoms with E-state index in [4.69, 9.17) is 9.15 Å². The van der Waals surface area contributed by atoms with Crippen molar-refractivity contribution in [3.8, 4) is 5.75 Å². The highest BCUT2D eigenvalue weighted by molar-refractivity contribution is 5.98. The molecule has 0 unspecified atom stereocenters. The Morgan fingerprint density at radius 3 is 2.61 bits per heavy atom. The molecule has 2 heterocycles. The van der Waals surface area contributed by atoms with Gasteiger partial charge in [-0.2, -0.15) is 0 Å². The number of ether oxygens (including phenoxy) is 2. The van der Waals surface area contributed by atoms with Crippen LogP contribution in [-0.4, -0.2) is 30.0 Å². The van der Waals surface area contributed by atoms with Crippen molar-refractivity contribution in [2.24, 2.45) is 0 Å². The highest BCUT2D eigenvalue weighted by Gasteiger charge is 2.17. The van der Waals surface area contributed by atoms with Gasteiger partial charge in [0.2, 0.25) is 5.78 Å². The molecule has 146 valence electrons. The topological polar surface area (TPSA) is 87.7 Å².